The summed E-state index contributed by atoms with van der Waals surface area (Å²) in [6.45, 7) is 9.59. The molecule has 1 atom stereocenters. The number of hydrogen-bond donors (Lipinski definition) is 1. The van der Waals surface area contributed by atoms with Gasteiger partial charge in [0.2, 0.25) is 5.91 Å². The van der Waals surface area contributed by atoms with E-state index in [9.17, 15) is 9.59 Å². The van der Waals surface area contributed by atoms with E-state index < -0.39 is 6.10 Å². The molecular weight excluding hydrogens is 380 g/mol. The number of benzene rings is 1. The highest BCUT2D eigenvalue weighted by Gasteiger charge is 2.30. The van der Waals surface area contributed by atoms with Gasteiger partial charge in [-0.1, -0.05) is 26.0 Å². The maximum Gasteiger partial charge on any atom is 0.263 e. The summed E-state index contributed by atoms with van der Waals surface area (Å²) in [5, 5.41) is 2.91. The van der Waals surface area contributed by atoms with Crippen molar-refractivity contribution in [1.29, 1.82) is 0 Å². The maximum atomic E-state index is 12.9. The Labute approximate surface area is 178 Å². The van der Waals surface area contributed by atoms with Crippen molar-refractivity contribution in [2.75, 3.05) is 13.1 Å². The van der Waals surface area contributed by atoms with Gasteiger partial charge in [0, 0.05) is 19.0 Å². The van der Waals surface area contributed by atoms with Crippen LogP contribution in [0.4, 0.5) is 0 Å². The summed E-state index contributed by atoms with van der Waals surface area (Å²) >= 11 is 0. The average molecular weight is 413 g/mol. The lowest BCUT2D eigenvalue weighted by molar-refractivity contribution is -0.141. The minimum Gasteiger partial charge on any atom is -0.481 e. The summed E-state index contributed by atoms with van der Waals surface area (Å²) in [5.74, 6) is 1.80. The van der Waals surface area contributed by atoms with E-state index in [4.69, 9.17) is 9.15 Å². The van der Waals surface area contributed by atoms with Gasteiger partial charge in [0.1, 0.15) is 11.5 Å². The molecule has 0 radical (unpaired) electrons. The summed E-state index contributed by atoms with van der Waals surface area (Å²) in [6, 6.07) is 9.80. The van der Waals surface area contributed by atoms with Gasteiger partial charge in [-0.2, -0.15) is 0 Å². The summed E-state index contributed by atoms with van der Waals surface area (Å²) in [4.78, 5) is 27.1. The van der Waals surface area contributed by atoms with Crippen LogP contribution in [0.5, 0.6) is 5.75 Å². The van der Waals surface area contributed by atoms with Crippen molar-refractivity contribution in [1.82, 2.24) is 10.2 Å². The van der Waals surface area contributed by atoms with Crippen LogP contribution in [0.25, 0.3) is 0 Å². The van der Waals surface area contributed by atoms with Gasteiger partial charge < -0.3 is 19.4 Å². The number of aryl methyl sites for hydroxylation is 1. The van der Waals surface area contributed by atoms with Crippen molar-refractivity contribution in [2.45, 2.75) is 59.1 Å². The zero-order valence-electron chi connectivity index (χ0n) is 18.3. The lowest BCUT2D eigenvalue weighted by atomic mass is 9.95. The molecule has 1 aromatic carbocycles. The van der Waals surface area contributed by atoms with Gasteiger partial charge in [-0.15, -0.1) is 0 Å². The van der Waals surface area contributed by atoms with E-state index in [1.54, 1.807) is 19.3 Å². The zero-order valence-corrected chi connectivity index (χ0v) is 18.3. The van der Waals surface area contributed by atoms with Crippen LogP contribution in [0.1, 0.15) is 56.4 Å². The van der Waals surface area contributed by atoms with E-state index in [-0.39, 0.29) is 17.7 Å². The highest BCUT2D eigenvalue weighted by Crippen LogP contribution is 2.26. The van der Waals surface area contributed by atoms with Crippen LogP contribution in [0.2, 0.25) is 0 Å². The van der Waals surface area contributed by atoms with Crippen LogP contribution in [-0.4, -0.2) is 35.9 Å². The fourth-order valence-electron chi connectivity index (χ4n) is 3.69. The van der Waals surface area contributed by atoms with E-state index in [2.05, 4.69) is 25.2 Å². The van der Waals surface area contributed by atoms with E-state index in [0.717, 1.165) is 17.1 Å². The Morgan fingerprint density at radius 1 is 1.20 bits per heavy atom. The molecule has 0 saturated carbocycles. The number of nitrogens with one attached hydrogen (secondary N) is 1. The SMILES string of the molecule is Cc1ccc(C(C)C)cc1OC(C)C(=O)N1CCC(C(=O)NCc2ccco2)CC1. The van der Waals surface area contributed by atoms with Crippen LogP contribution in [-0.2, 0) is 16.1 Å². The van der Waals surface area contributed by atoms with Gasteiger partial charge in [-0.05, 0) is 61.9 Å². The molecule has 1 aromatic heterocycles. The number of likely N-dealkylation sites (tertiary alicyclic amines) is 1. The van der Waals surface area contributed by atoms with Crippen molar-refractivity contribution < 1.29 is 18.7 Å². The predicted molar refractivity (Wildman–Crippen MR) is 115 cm³/mol. The largest absolute Gasteiger partial charge is 0.481 e. The number of nitrogens with zero attached hydrogens (tertiary/aromatic N) is 1. The van der Waals surface area contributed by atoms with E-state index in [1.807, 2.05) is 30.0 Å². The van der Waals surface area contributed by atoms with Gasteiger partial charge in [0.25, 0.3) is 5.91 Å². The molecule has 6 heteroatoms. The molecule has 2 aromatic rings. The number of amides is 2. The Balaban J connectivity index is 1.49. The monoisotopic (exact) mass is 412 g/mol. The first-order valence-electron chi connectivity index (χ1n) is 10.7. The van der Waals surface area contributed by atoms with E-state index >= 15 is 0 Å². The number of ether oxygens (including phenoxy) is 1. The number of rotatable bonds is 7. The molecule has 2 amide bonds. The Bertz CT molecular complexity index is 852. The molecule has 1 aliphatic rings. The predicted octanol–water partition coefficient (Wildman–Crippen LogP) is 4.03. The molecule has 1 fully saturated rings. The molecule has 162 valence electrons. The Morgan fingerprint density at radius 2 is 1.93 bits per heavy atom. The third-order valence-electron chi connectivity index (χ3n) is 5.72. The molecule has 0 aliphatic carbocycles. The van der Waals surface area contributed by atoms with Crippen LogP contribution >= 0.6 is 0 Å². The smallest absolute Gasteiger partial charge is 0.263 e. The van der Waals surface area contributed by atoms with Crippen LogP contribution in [0.3, 0.4) is 0 Å². The fraction of sp³-hybridized carbons (Fsp3) is 0.500. The number of hydrogen-bond acceptors (Lipinski definition) is 4. The van der Waals surface area contributed by atoms with E-state index in [1.165, 1.54) is 5.56 Å². The molecule has 1 saturated heterocycles. The summed E-state index contributed by atoms with van der Waals surface area (Å²) < 4.78 is 11.3. The summed E-state index contributed by atoms with van der Waals surface area (Å²) in [6.07, 6.45) is 2.35. The van der Waals surface area contributed by atoms with Crippen LogP contribution in [0, 0.1) is 12.8 Å². The Morgan fingerprint density at radius 3 is 2.57 bits per heavy atom. The first-order valence-corrected chi connectivity index (χ1v) is 10.7. The molecule has 30 heavy (non-hydrogen) atoms. The van der Waals surface area contributed by atoms with E-state index in [0.29, 0.717) is 38.4 Å². The van der Waals surface area contributed by atoms with Gasteiger partial charge >= 0.3 is 0 Å². The summed E-state index contributed by atoms with van der Waals surface area (Å²) in [5.41, 5.74) is 2.21. The molecular formula is C24H32N2O4. The molecule has 3 rings (SSSR count). The second-order valence-electron chi connectivity index (χ2n) is 8.34. The lowest BCUT2D eigenvalue weighted by Crippen LogP contribution is -2.47. The minimum atomic E-state index is -0.560. The first-order chi connectivity index (χ1) is 14.3. The Kier molecular flexibility index (Phi) is 7.19. The number of piperidine rings is 1. The molecule has 1 N–H and O–H groups in total. The fourth-order valence-corrected chi connectivity index (χ4v) is 3.69. The van der Waals surface area contributed by atoms with Crippen molar-refractivity contribution in [2.24, 2.45) is 5.92 Å². The normalized spacial score (nSPS) is 15.8. The minimum absolute atomic E-state index is 0.0175. The standard InChI is InChI=1S/C24H32N2O4/c1-16(2)20-8-7-17(3)22(14-20)30-18(4)24(28)26-11-9-19(10-12-26)23(27)25-15-21-6-5-13-29-21/h5-8,13-14,16,18-19H,9-12,15H2,1-4H3,(H,25,27). The lowest BCUT2D eigenvalue weighted by Gasteiger charge is -2.33. The molecule has 6 nitrogen and oxygen atoms in total. The first kappa shape index (κ1) is 21.9. The Hall–Kier alpha value is -2.76. The van der Waals surface area contributed by atoms with Crippen LogP contribution < -0.4 is 10.1 Å². The van der Waals surface area contributed by atoms with Gasteiger partial charge in [-0.3, -0.25) is 9.59 Å². The molecule has 1 unspecified atom stereocenters. The summed E-state index contributed by atoms with van der Waals surface area (Å²) in [7, 11) is 0. The van der Waals surface area contributed by atoms with Crippen molar-refractivity contribution in [3.8, 4) is 5.75 Å². The average Bonchev–Trinajstić information content (AvgIpc) is 3.26. The van der Waals surface area contributed by atoms with Crippen molar-refractivity contribution in [3.63, 3.8) is 0 Å². The number of furan rings is 1. The second kappa shape index (κ2) is 9.83. The van der Waals surface area contributed by atoms with Crippen molar-refractivity contribution >= 4 is 11.8 Å². The maximum absolute atomic E-state index is 12.9. The zero-order chi connectivity index (χ0) is 21.7. The molecule has 2 heterocycles. The molecule has 1 aliphatic heterocycles. The number of carbonyl (C=O) groups is 2. The van der Waals surface area contributed by atoms with Gasteiger partial charge in [0.15, 0.2) is 6.10 Å². The highest BCUT2D eigenvalue weighted by molar-refractivity contribution is 5.82. The van der Waals surface area contributed by atoms with Gasteiger partial charge in [-0.25, -0.2) is 0 Å². The highest BCUT2D eigenvalue weighted by atomic mass is 16.5. The number of carbonyl (C=O) groups excluding carboxylic acids is 2. The van der Waals surface area contributed by atoms with Gasteiger partial charge in [0.05, 0.1) is 12.8 Å². The van der Waals surface area contributed by atoms with Crippen LogP contribution in [0.15, 0.2) is 41.0 Å². The third kappa shape index (κ3) is 5.43. The quantitative estimate of drug-likeness (QED) is 0.745. The topological polar surface area (TPSA) is 71.8 Å². The molecule has 0 bridgehead atoms. The second-order valence-corrected chi connectivity index (χ2v) is 8.34. The van der Waals surface area contributed by atoms with Crippen molar-refractivity contribution in [3.05, 3.63) is 53.5 Å². The molecule has 0 spiro atoms. The third-order valence-corrected chi connectivity index (χ3v) is 5.72.